The highest BCUT2D eigenvalue weighted by molar-refractivity contribution is 6.02. The second-order valence-corrected chi connectivity index (χ2v) is 4.42. The molecule has 2 nitrogen and oxygen atoms in total. The fraction of sp³-hybridized carbons (Fsp3) is 0.462. The van der Waals surface area contributed by atoms with Crippen molar-refractivity contribution in [2.24, 2.45) is 5.10 Å². The van der Waals surface area contributed by atoms with Crippen LogP contribution in [0.5, 0.6) is 0 Å². The summed E-state index contributed by atoms with van der Waals surface area (Å²) in [6.07, 6.45) is 2.31. The minimum absolute atomic E-state index is 0.669. The molecule has 0 amide bonds. The van der Waals surface area contributed by atoms with Crippen molar-refractivity contribution in [1.29, 1.82) is 0 Å². The monoisotopic (exact) mass is 202 g/mol. The van der Waals surface area contributed by atoms with Crippen molar-refractivity contribution in [3.05, 3.63) is 35.4 Å². The standard InChI is InChI=1S/C13H18N2/c1-10-8-9-13(14-15(2)3)12-7-5-4-6-11(10)12/h4-7,10H,8-9H2,1-3H3/b14-13+/t10-/m1/s1. The van der Waals surface area contributed by atoms with E-state index in [0.717, 1.165) is 6.42 Å². The lowest BCUT2D eigenvalue weighted by molar-refractivity contribution is 0.435. The Hall–Kier alpha value is -1.31. The van der Waals surface area contributed by atoms with Crippen molar-refractivity contribution in [2.45, 2.75) is 25.7 Å². The van der Waals surface area contributed by atoms with Gasteiger partial charge in [0.05, 0.1) is 5.71 Å². The average molecular weight is 202 g/mol. The van der Waals surface area contributed by atoms with Gasteiger partial charge >= 0.3 is 0 Å². The highest BCUT2D eigenvalue weighted by atomic mass is 15.4. The predicted molar refractivity (Wildman–Crippen MR) is 64.3 cm³/mol. The molecule has 0 saturated carbocycles. The van der Waals surface area contributed by atoms with E-state index in [-0.39, 0.29) is 0 Å². The van der Waals surface area contributed by atoms with Crippen LogP contribution in [0.1, 0.15) is 36.8 Å². The predicted octanol–water partition coefficient (Wildman–Crippen LogP) is 2.85. The zero-order valence-electron chi connectivity index (χ0n) is 9.70. The van der Waals surface area contributed by atoms with Gasteiger partial charge in [-0.05, 0) is 24.3 Å². The van der Waals surface area contributed by atoms with Crippen LogP contribution in [0.15, 0.2) is 29.4 Å². The second-order valence-electron chi connectivity index (χ2n) is 4.42. The lowest BCUT2D eigenvalue weighted by Gasteiger charge is -2.24. The maximum absolute atomic E-state index is 4.56. The van der Waals surface area contributed by atoms with Gasteiger partial charge in [0.15, 0.2) is 0 Å². The van der Waals surface area contributed by atoms with Crippen LogP contribution in [0.2, 0.25) is 0 Å². The van der Waals surface area contributed by atoms with Crippen LogP contribution in [0, 0.1) is 0 Å². The van der Waals surface area contributed by atoms with E-state index in [1.54, 1.807) is 0 Å². The van der Waals surface area contributed by atoms with E-state index in [9.17, 15) is 0 Å². The van der Waals surface area contributed by atoms with E-state index in [4.69, 9.17) is 0 Å². The fourth-order valence-electron chi connectivity index (χ4n) is 2.18. The van der Waals surface area contributed by atoms with Crippen LogP contribution in [0.25, 0.3) is 0 Å². The van der Waals surface area contributed by atoms with E-state index >= 15 is 0 Å². The van der Waals surface area contributed by atoms with Crippen molar-refractivity contribution < 1.29 is 0 Å². The summed E-state index contributed by atoms with van der Waals surface area (Å²) < 4.78 is 0. The molecule has 1 atom stereocenters. The number of nitrogens with zero attached hydrogens (tertiary/aromatic N) is 2. The summed E-state index contributed by atoms with van der Waals surface area (Å²) in [4.78, 5) is 0. The summed E-state index contributed by atoms with van der Waals surface area (Å²) in [5, 5.41) is 6.45. The van der Waals surface area contributed by atoms with E-state index in [1.165, 1.54) is 23.3 Å². The Morgan fingerprint density at radius 3 is 2.73 bits per heavy atom. The van der Waals surface area contributed by atoms with E-state index in [1.807, 2.05) is 19.1 Å². The molecule has 0 N–H and O–H groups in total. The molecule has 0 aliphatic heterocycles. The van der Waals surface area contributed by atoms with Gasteiger partial charge in [0.2, 0.25) is 0 Å². The van der Waals surface area contributed by atoms with Crippen LogP contribution in [-0.4, -0.2) is 24.8 Å². The minimum Gasteiger partial charge on any atom is -0.303 e. The Morgan fingerprint density at radius 1 is 1.27 bits per heavy atom. The smallest absolute Gasteiger partial charge is 0.0680 e. The molecule has 1 aliphatic rings. The summed E-state index contributed by atoms with van der Waals surface area (Å²) in [6, 6.07) is 8.63. The highest BCUT2D eigenvalue weighted by Crippen LogP contribution is 2.31. The van der Waals surface area contributed by atoms with Gasteiger partial charge in [-0.3, -0.25) is 0 Å². The van der Waals surface area contributed by atoms with Crippen molar-refractivity contribution in [3.63, 3.8) is 0 Å². The summed E-state index contributed by atoms with van der Waals surface area (Å²) in [7, 11) is 3.96. The highest BCUT2D eigenvalue weighted by Gasteiger charge is 2.20. The van der Waals surface area contributed by atoms with Crippen molar-refractivity contribution in [1.82, 2.24) is 5.01 Å². The van der Waals surface area contributed by atoms with Crippen LogP contribution in [-0.2, 0) is 0 Å². The van der Waals surface area contributed by atoms with Crippen molar-refractivity contribution >= 4 is 5.71 Å². The van der Waals surface area contributed by atoms with Gasteiger partial charge in [0.25, 0.3) is 0 Å². The molecule has 0 fully saturated rings. The molecular weight excluding hydrogens is 184 g/mol. The summed E-state index contributed by atoms with van der Waals surface area (Å²) in [5.41, 5.74) is 4.02. The molecule has 15 heavy (non-hydrogen) atoms. The lowest BCUT2D eigenvalue weighted by atomic mass is 9.83. The zero-order valence-corrected chi connectivity index (χ0v) is 9.70. The maximum atomic E-state index is 4.56. The number of hydrogen-bond donors (Lipinski definition) is 0. The molecule has 2 rings (SSSR count). The Bertz CT molecular complexity index is 380. The molecule has 0 spiro atoms. The molecule has 1 aromatic carbocycles. The molecule has 0 aromatic heterocycles. The summed E-state index contributed by atoms with van der Waals surface area (Å²) in [6.45, 7) is 2.30. The van der Waals surface area contributed by atoms with E-state index in [0.29, 0.717) is 5.92 Å². The first-order valence-corrected chi connectivity index (χ1v) is 5.52. The minimum atomic E-state index is 0.669. The number of benzene rings is 1. The van der Waals surface area contributed by atoms with E-state index < -0.39 is 0 Å². The molecule has 0 bridgehead atoms. The van der Waals surface area contributed by atoms with E-state index in [2.05, 4.69) is 36.3 Å². The Balaban J connectivity index is 2.45. The van der Waals surface area contributed by atoms with Gasteiger partial charge in [0.1, 0.15) is 0 Å². The van der Waals surface area contributed by atoms with Crippen molar-refractivity contribution in [2.75, 3.05) is 14.1 Å². The Kier molecular flexibility index (Phi) is 2.76. The van der Waals surface area contributed by atoms with Gasteiger partial charge in [-0.1, -0.05) is 31.2 Å². The summed E-state index contributed by atoms with van der Waals surface area (Å²) >= 11 is 0. The zero-order chi connectivity index (χ0) is 10.8. The molecule has 80 valence electrons. The first-order valence-electron chi connectivity index (χ1n) is 5.52. The third kappa shape index (κ3) is 2.04. The lowest BCUT2D eigenvalue weighted by Crippen LogP contribution is -2.18. The Morgan fingerprint density at radius 2 is 2.00 bits per heavy atom. The third-order valence-electron chi connectivity index (χ3n) is 2.94. The molecular formula is C13H18N2. The van der Waals surface area contributed by atoms with Gasteiger partial charge in [-0.2, -0.15) is 5.10 Å². The summed E-state index contributed by atoms with van der Waals surface area (Å²) in [5.74, 6) is 0.669. The van der Waals surface area contributed by atoms with Gasteiger partial charge in [-0.25, -0.2) is 0 Å². The van der Waals surface area contributed by atoms with Crippen LogP contribution in [0.4, 0.5) is 0 Å². The third-order valence-corrected chi connectivity index (χ3v) is 2.94. The first-order chi connectivity index (χ1) is 7.18. The molecule has 0 heterocycles. The van der Waals surface area contributed by atoms with Crippen LogP contribution in [0.3, 0.4) is 0 Å². The second kappa shape index (κ2) is 4.05. The first kappa shape index (κ1) is 10.2. The number of fused-ring (bicyclic) bond motifs is 1. The van der Waals surface area contributed by atoms with Crippen molar-refractivity contribution in [3.8, 4) is 0 Å². The number of rotatable bonds is 1. The normalized spacial score (nSPS) is 22.6. The molecule has 1 aliphatic carbocycles. The van der Waals surface area contributed by atoms with Gasteiger partial charge in [0, 0.05) is 19.7 Å². The van der Waals surface area contributed by atoms with Crippen LogP contribution < -0.4 is 0 Å². The van der Waals surface area contributed by atoms with Gasteiger partial charge in [-0.15, -0.1) is 0 Å². The number of hydrogen-bond acceptors (Lipinski definition) is 2. The number of hydrazone groups is 1. The molecule has 0 radical (unpaired) electrons. The van der Waals surface area contributed by atoms with Crippen LogP contribution >= 0.6 is 0 Å². The average Bonchev–Trinajstić information content (AvgIpc) is 2.22. The Labute approximate surface area is 91.6 Å². The molecule has 2 heteroatoms. The SMILES string of the molecule is C[C@@H]1CC/C(=N\N(C)C)c2ccccc21. The van der Waals surface area contributed by atoms with Gasteiger partial charge < -0.3 is 5.01 Å². The topological polar surface area (TPSA) is 15.6 Å². The molecule has 0 saturated heterocycles. The fourth-order valence-corrected chi connectivity index (χ4v) is 2.18. The maximum Gasteiger partial charge on any atom is 0.0680 e. The molecule has 0 unspecified atom stereocenters. The molecule has 1 aromatic rings. The largest absolute Gasteiger partial charge is 0.303 e. The quantitative estimate of drug-likeness (QED) is 0.639.